The molecule has 0 saturated heterocycles. The third kappa shape index (κ3) is 4.04. The number of ether oxygens (including phenoxy) is 1. The molecule has 0 radical (unpaired) electrons. The number of anilines is 1. The van der Waals surface area contributed by atoms with Crippen LogP contribution in [-0.2, 0) is 14.4 Å². The molecule has 0 aromatic heterocycles. The molecule has 0 fully saturated rings. The Balaban J connectivity index is 2.13. The standard InChI is InChI=1S/C17H22N2O5/c1-10(2)8-12(17(22)23)18-15(20)9-19-13-6-4-5-7-14(13)24-11(3)16(19)21/h4-7,10-12H,8-9H2,1-3H3,(H,18,20)(H,22,23)/t11?,12-/m0/s1. The Kier molecular flexibility index (Phi) is 5.43. The third-order valence-electron chi connectivity index (χ3n) is 3.72. The van der Waals surface area contributed by atoms with Crippen molar-refractivity contribution in [1.82, 2.24) is 5.32 Å². The van der Waals surface area contributed by atoms with Crippen molar-refractivity contribution < 1.29 is 24.2 Å². The van der Waals surface area contributed by atoms with E-state index in [1.54, 1.807) is 31.2 Å². The number of amides is 2. The maximum Gasteiger partial charge on any atom is 0.326 e. The Morgan fingerprint density at radius 2 is 2.00 bits per heavy atom. The van der Waals surface area contributed by atoms with E-state index >= 15 is 0 Å². The lowest BCUT2D eigenvalue weighted by Crippen LogP contribution is -2.51. The minimum absolute atomic E-state index is 0.122. The molecular formula is C17H22N2O5. The average Bonchev–Trinajstić information content (AvgIpc) is 2.50. The lowest BCUT2D eigenvalue weighted by Gasteiger charge is -2.32. The van der Waals surface area contributed by atoms with Gasteiger partial charge in [-0.15, -0.1) is 0 Å². The summed E-state index contributed by atoms with van der Waals surface area (Å²) in [7, 11) is 0. The van der Waals surface area contributed by atoms with Crippen molar-refractivity contribution >= 4 is 23.5 Å². The van der Waals surface area contributed by atoms with E-state index in [4.69, 9.17) is 4.74 Å². The number of hydrogen-bond donors (Lipinski definition) is 2. The predicted octanol–water partition coefficient (Wildman–Crippen LogP) is 1.42. The summed E-state index contributed by atoms with van der Waals surface area (Å²) in [5, 5.41) is 11.7. The normalized spacial score (nSPS) is 17.9. The van der Waals surface area contributed by atoms with Crippen molar-refractivity contribution in [3.8, 4) is 5.75 Å². The molecule has 1 aromatic carbocycles. The van der Waals surface area contributed by atoms with Gasteiger partial charge in [0.2, 0.25) is 5.91 Å². The number of para-hydroxylation sites is 2. The molecule has 1 aromatic rings. The molecule has 1 heterocycles. The Bertz CT molecular complexity index is 644. The summed E-state index contributed by atoms with van der Waals surface area (Å²) in [5.74, 6) is -1.29. The first-order valence-electron chi connectivity index (χ1n) is 7.88. The van der Waals surface area contributed by atoms with Crippen molar-refractivity contribution in [2.75, 3.05) is 11.4 Å². The van der Waals surface area contributed by atoms with Crippen molar-refractivity contribution in [2.24, 2.45) is 5.92 Å². The summed E-state index contributed by atoms with van der Waals surface area (Å²) in [6, 6.07) is 5.97. The quantitative estimate of drug-likeness (QED) is 0.820. The highest BCUT2D eigenvalue weighted by molar-refractivity contribution is 6.04. The minimum atomic E-state index is -1.08. The fourth-order valence-corrected chi connectivity index (χ4v) is 2.60. The fourth-order valence-electron chi connectivity index (χ4n) is 2.60. The number of fused-ring (bicyclic) bond motifs is 1. The van der Waals surface area contributed by atoms with Gasteiger partial charge in [0.1, 0.15) is 18.3 Å². The minimum Gasteiger partial charge on any atom is -0.480 e. The van der Waals surface area contributed by atoms with Crippen molar-refractivity contribution in [3.05, 3.63) is 24.3 Å². The molecule has 2 rings (SSSR count). The summed E-state index contributed by atoms with van der Waals surface area (Å²) >= 11 is 0. The number of carbonyl (C=O) groups is 3. The van der Waals surface area contributed by atoms with Crippen molar-refractivity contribution in [2.45, 2.75) is 39.3 Å². The van der Waals surface area contributed by atoms with Crippen LogP contribution in [-0.4, -0.2) is 41.6 Å². The van der Waals surface area contributed by atoms with Crippen LogP contribution in [0.5, 0.6) is 5.75 Å². The van der Waals surface area contributed by atoms with Gasteiger partial charge in [-0.2, -0.15) is 0 Å². The van der Waals surface area contributed by atoms with Gasteiger partial charge in [-0.25, -0.2) is 4.79 Å². The van der Waals surface area contributed by atoms with E-state index in [2.05, 4.69) is 5.32 Å². The fraction of sp³-hybridized carbons (Fsp3) is 0.471. The van der Waals surface area contributed by atoms with Crippen LogP contribution in [0.25, 0.3) is 0 Å². The van der Waals surface area contributed by atoms with E-state index in [1.165, 1.54) is 4.90 Å². The monoisotopic (exact) mass is 334 g/mol. The van der Waals surface area contributed by atoms with E-state index < -0.39 is 24.0 Å². The average molecular weight is 334 g/mol. The van der Waals surface area contributed by atoms with Gasteiger partial charge in [0.05, 0.1) is 5.69 Å². The van der Waals surface area contributed by atoms with Crippen LogP contribution in [0.1, 0.15) is 27.2 Å². The topological polar surface area (TPSA) is 95.9 Å². The van der Waals surface area contributed by atoms with Crippen LogP contribution in [0.3, 0.4) is 0 Å². The summed E-state index contributed by atoms with van der Waals surface area (Å²) in [6.45, 7) is 5.13. The molecule has 0 saturated carbocycles. The second-order valence-corrected chi connectivity index (χ2v) is 6.24. The Labute approximate surface area is 140 Å². The maximum absolute atomic E-state index is 12.3. The molecule has 7 heteroatoms. The molecule has 2 N–H and O–H groups in total. The molecule has 24 heavy (non-hydrogen) atoms. The predicted molar refractivity (Wildman–Crippen MR) is 87.9 cm³/mol. The maximum atomic E-state index is 12.3. The highest BCUT2D eigenvalue weighted by atomic mass is 16.5. The van der Waals surface area contributed by atoms with Crippen molar-refractivity contribution in [3.63, 3.8) is 0 Å². The van der Waals surface area contributed by atoms with E-state index in [9.17, 15) is 19.5 Å². The summed E-state index contributed by atoms with van der Waals surface area (Å²) in [5.41, 5.74) is 0.506. The van der Waals surface area contributed by atoms with Crippen LogP contribution in [0.2, 0.25) is 0 Å². The highest BCUT2D eigenvalue weighted by Crippen LogP contribution is 2.33. The number of carboxylic acids is 1. The van der Waals surface area contributed by atoms with Crippen LogP contribution >= 0.6 is 0 Å². The number of aliphatic carboxylic acids is 1. The van der Waals surface area contributed by atoms with Gasteiger partial charge in [0.25, 0.3) is 5.91 Å². The Morgan fingerprint density at radius 3 is 2.62 bits per heavy atom. The summed E-state index contributed by atoms with van der Waals surface area (Å²) in [4.78, 5) is 37.2. The molecule has 2 amide bonds. The molecule has 1 unspecified atom stereocenters. The first kappa shape index (κ1) is 17.8. The van der Waals surface area contributed by atoms with Gasteiger partial charge in [-0.1, -0.05) is 26.0 Å². The number of nitrogens with one attached hydrogen (secondary N) is 1. The number of benzene rings is 1. The van der Waals surface area contributed by atoms with Gasteiger partial charge in [0, 0.05) is 0 Å². The van der Waals surface area contributed by atoms with Crippen LogP contribution in [0.15, 0.2) is 24.3 Å². The Hall–Kier alpha value is -2.57. The van der Waals surface area contributed by atoms with E-state index in [1.807, 2.05) is 13.8 Å². The molecule has 0 bridgehead atoms. The van der Waals surface area contributed by atoms with Crippen LogP contribution < -0.4 is 15.0 Å². The van der Waals surface area contributed by atoms with E-state index in [0.717, 1.165) is 0 Å². The first-order chi connectivity index (χ1) is 11.3. The van der Waals surface area contributed by atoms with Crippen molar-refractivity contribution in [1.29, 1.82) is 0 Å². The van der Waals surface area contributed by atoms with Gasteiger partial charge >= 0.3 is 5.97 Å². The number of rotatable bonds is 6. The zero-order valence-corrected chi connectivity index (χ0v) is 14.0. The number of carboxylic acid groups (broad SMARTS) is 1. The van der Waals surface area contributed by atoms with E-state index in [-0.39, 0.29) is 18.4 Å². The zero-order chi connectivity index (χ0) is 17.9. The number of nitrogens with zero attached hydrogens (tertiary/aromatic N) is 1. The second-order valence-electron chi connectivity index (χ2n) is 6.24. The molecule has 130 valence electrons. The summed E-state index contributed by atoms with van der Waals surface area (Å²) < 4.78 is 5.51. The smallest absolute Gasteiger partial charge is 0.326 e. The molecule has 1 aliphatic heterocycles. The molecule has 0 spiro atoms. The number of carbonyl (C=O) groups excluding carboxylic acids is 2. The molecular weight excluding hydrogens is 312 g/mol. The van der Waals surface area contributed by atoms with Gasteiger partial charge in [0.15, 0.2) is 6.10 Å². The molecule has 2 atom stereocenters. The zero-order valence-electron chi connectivity index (χ0n) is 14.0. The lowest BCUT2D eigenvalue weighted by atomic mass is 10.0. The van der Waals surface area contributed by atoms with Crippen LogP contribution in [0.4, 0.5) is 5.69 Å². The largest absolute Gasteiger partial charge is 0.480 e. The number of hydrogen-bond acceptors (Lipinski definition) is 4. The summed E-state index contributed by atoms with van der Waals surface area (Å²) in [6.07, 6.45) is -0.371. The van der Waals surface area contributed by atoms with Gasteiger partial charge in [-0.3, -0.25) is 14.5 Å². The molecule has 0 aliphatic carbocycles. The van der Waals surface area contributed by atoms with Gasteiger partial charge in [-0.05, 0) is 31.4 Å². The molecule has 7 nitrogen and oxygen atoms in total. The SMILES string of the molecule is CC(C)C[C@H](NC(=O)CN1C(=O)C(C)Oc2ccccc21)C(=O)O. The lowest BCUT2D eigenvalue weighted by molar-refractivity contribution is -0.142. The van der Waals surface area contributed by atoms with E-state index in [0.29, 0.717) is 17.9 Å². The highest BCUT2D eigenvalue weighted by Gasteiger charge is 2.33. The van der Waals surface area contributed by atoms with Crippen LogP contribution in [0, 0.1) is 5.92 Å². The third-order valence-corrected chi connectivity index (χ3v) is 3.72. The molecule has 1 aliphatic rings. The Morgan fingerprint density at radius 1 is 1.33 bits per heavy atom. The second kappa shape index (κ2) is 7.33. The van der Waals surface area contributed by atoms with Gasteiger partial charge < -0.3 is 15.2 Å². The first-order valence-corrected chi connectivity index (χ1v) is 7.88.